The number of carboxylic acid groups (broad SMARTS) is 1. The van der Waals surface area contributed by atoms with Crippen LogP contribution in [0.5, 0.6) is 0 Å². The minimum Gasteiger partial charge on any atom is -0.543 e. The van der Waals surface area contributed by atoms with Gasteiger partial charge in [0, 0.05) is 5.69 Å². The van der Waals surface area contributed by atoms with E-state index in [1.807, 2.05) is 30.3 Å². The van der Waals surface area contributed by atoms with E-state index in [1.165, 1.54) is 6.92 Å². The number of rotatable bonds is 3. The fraction of sp³-hybridized carbons (Fsp3) is 0.100. The zero-order valence-corrected chi connectivity index (χ0v) is 9.38. The lowest BCUT2D eigenvalue weighted by Gasteiger charge is -2.07. The summed E-state index contributed by atoms with van der Waals surface area (Å²) in [4.78, 5) is 10.3. The van der Waals surface area contributed by atoms with Crippen LogP contribution in [0.3, 0.4) is 0 Å². The standard InChI is InChI=1S/C10H11N3O2S/c1-7(9(14)15)12-13-10(16)11-8-5-3-2-4-6-8/h2-6H,1H3,(H,14,15)(H2,11,13,16)/p-1/b12-7-. The molecule has 0 aliphatic heterocycles. The Labute approximate surface area is 98.2 Å². The Morgan fingerprint density at radius 1 is 1.38 bits per heavy atom. The number of hydrogen-bond donors (Lipinski definition) is 2. The number of hydrogen-bond acceptors (Lipinski definition) is 4. The smallest absolute Gasteiger partial charge is 0.191 e. The summed E-state index contributed by atoms with van der Waals surface area (Å²) < 4.78 is 0. The number of benzene rings is 1. The average molecular weight is 236 g/mol. The van der Waals surface area contributed by atoms with Gasteiger partial charge >= 0.3 is 0 Å². The first kappa shape index (κ1) is 12.1. The van der Waals surface area contributed by atoms with Crippen LogP contribution in [0, 0.1) is 0 Å². The number of thiocarbonyl (C=S) groups is 1. The fourth-order valence-corrected chi connectivity index (χ4v) is 1.02. The van der Waals surface area contributed by atoms with E-state index in [0.29, 0.717) is 0 Å². The van der Waals surface area contributed by atoms with Crippen molar-refractivity contribution in [2.75, 3.05) is 5.32 Å². The predicted molar refractivity (Wildman–Crippen MR) is 63.9 cm³/mol. The summed E-state index contributed by atoms with van der Waals surface area (Å²) in [5.41, 5.74) is 3.02. The van der Waals surface area contributed by atoms with Crippen molar-refractivity contribution in [1.82, 2.24) is 5.43 Å². The van der Waals surface area contributed by atoms with E-state index in [1.54, 1.807) is 0 Å². The monoisotopic (exact) mass is 236 g/mol. The first-order valence-corrected chi connectivity index (χ1v) is 4.88. The van der Waals surface area contributed by atoms with Gasteiger partial charge in [-0.3, -0.25) is 5.43 Å². The van der Waals surface area contributed by atoms with Crippen LogP contribution >= 0.6 is 12.2 Å². The molecule has 0 bridgehead atoms. The Balaban J connectivity index is 2.49. The average Bonchev–Trinajstić information content (AvgIpc) is 2.27. The van der Waals surface area contributed by atoms with Crippen LogP contribution in [-0.2, 0) is 4.79 Å². The Bertz CT molecular complexity index is 417. The van der Waals surface area contributed by atoms with Crippen molar-refractivity contribution in [3.05, 3.63) is 30.3 Å². The zero-order chi connectivity index (χ0) is 12.0. The van der Waals surface area contributed by atoms with Gasteiger partial charge < -0.3 is 15.2 Å². The highest BCUT2D eigenvalue weighted by atomic mass is 32.1. The Hall–Kier alpha value is -1.95. The SMILES string of the molecule is C/C(=N/NC(=S)Nc1ccccc1)C(=O)[O-]. The molecule has 0 aliphatic carbocycles. The van der Waals surface area contributed by atoms with Crippen LogP contribution in [0.15, 0.2) is 35.4 Å². The lowest BCUT2D eigenvalue weighted by molar-refractivity contribution is -0.294. The zero-order valence-electron chi connectivity index (χ0n) is 8.56. The molecule has 0 saturated carbocycles. The van der Waals surface area contributed by atoms with Crippen molar-refractivity contribution < 1.29 is 9.90 Å². The molecule has 0 amide bonds. The molecule has 0 fully saturated rings. The van der Waals surface area contributed by atoms with Crippen LogP contribution in [-0.4, -0.2) is 16.8 Å². The van der Waals surface area contributed by atoms with Crippen LogP contribution in [0.25, 0.3) is 0 Å². The summed E-state index contributed by atoms with van der Waals surface area (Å²) in [6.45, 7) is 1.31. The van der Waals surface area contributed by atoms with Gasteiger partial charge in [-0.15, -0.1) is 0 Å². The first-order chi connectivity index (χ1) is 7.59. The second-order valence-electron chi connectivity index (χ2n) is 2.92. The number of aliphatic carboxylic acids is 1. The highest BCUT2D eigenvalue weighted by Gasteiger charge is 1.95. The van der Waals surface area contributed by atoms with E-state index in [-0.39, 0.29) is 10.8 Å². The molecule has 0 atom stereocenters. The van der Waals surface area contributed by atoms with Gasteiger partial charge in [0.2, 0.25) is 0 Å². The Morgan fingerprint density at radius 3 is 2.56 bits per heavy atom. The molecule has 1 aromatic rings. The first-order valence-electron chi connectivity index (χ1n) is 4.47. The van der Waals surface area contributed by atoms with Crippen molar-refractivity contribution in [3.63, 3.8) is 0 Å². The molecular formula is C10H10N3O2S-. The van der Waals surface area contributed by atoms with Gasteiger partial charge in [-0.2, -0.15) is 5.10 Å². The Kier molecular flexibility index (Phi) is 4.41. The number of carbonyl (C=O) groups excluding carboxylic acids is 1. The molecule has 0 saturated heterocycles. The van der Waals surface area contributed by atoms with Gasteiger partial charge in [0.1, 0.15) is 0 Å². The molecule has 5 nitrogen and oxygen atoms in total. The summed E-state index contributed by atoms with van der Waals surface area (Å²) in [5, 5.41) is 16.9. The molecule has 84 valence electrons. The summed E-state index contributed by atoms with van der Waals surface area (Å²) >= 11 is 4.90. The summed E-state index contributed by atoms with van der Waals surface area (Å²) in [6, 6.07) is 9.22. The van der Waals surface area contributed by atoms with Crippen molar-refractivity contribution in [2.24, 2.45) is 5.10 Å². The molecule has 0 radical (unpaired) electrons. The fourth-order valence-electron chi connectivity index (χ4n) is 0.861. The van der Waals surface area contributed by atoms with E-state index >= 15 is 0 Å². The van der Waals surface area contributed by atoms with E-state index < -0.39 is 5.97 Å². The van der Waals surface area contributed by atoms with Gasteiger partial charge in [-0.1, -0.05) is 18.2 Å². The molecule has 0 aromatic heterocycles. The van der Waals surface area contributed by atoms with Crippen LogP contribution in [0.2, 0.25) is 0 Å². The number of anilines is 1. The maximum atomic E-state index is 10.3. The lowest BCUT2D eigenvalue weighted by atomic mass is 10.3. The molecule has 0 aliphatic rings. The summed E-state index contributed by atoms with van der Waals surface area (Å²) in [5.74, 6) is -1.34. The molecule has 1 aromatic carbocycles. The van der Waals surface area contributed by atoms with Crippen molar-refractivity contribution >= 4 is 34.7 Å². The van der Waals surface area contributed by atoms with Gasteiger partial charge in [0.15, 0.2) is 5.11 Å². The van der Waals surface area contributed by atoms with E-state index in [0.717, 1.165) is 5.69 Å². The van der Waals surface area contributed by atoms with E-state index in [2.05, 4.69) is 15.8 Å². The van der Waals surface area contributed by atoms with Crippen LogP contribution < -0.4 is 15.8 Å². The minimum absolute atomic E-state index is 0.169. The highest BCUT2D eigenvalue weighted by molar-refractivity contribution is 7.80. The van der Waals surface area contributed by atoms with Crippen LogP contribution in [0.4, 0.5) is 5.69 Å². The molecule has 6 heteroatoms. The molecule has 0 spiro atoms. The van der Waals surface area contributed by atoms with Crippen molar-refractivity contribution in [1.29, 1.82) is 0 Å². The van der Waals surface area contributed by atoms with Gasteiger partial charge in [0.05, 0.1) is 11.7 Å². The largest absolute Gasteiger partial charge is 0.543 e. The molecule has 1 rings (SSSR count). The predicted octanol–water partition coefficient (Wildman–Crippen LogP) is 0.0988. The summed E-state index contributed by atoms with van der Waals surface area (Å²) in [6.07, 6.45) is 0. The van der Waals surface area contributed by atoms with E-state index in [4.69, 9.17) is 12.2 Å². The maximum absolute atomic E-state index is 10.3. The topological polar surface area (TPSA) is 76.5 Å². The van der Waals surface area contributed by atoms with E-state index in [9.17, 15) is 9.90 Å². The quantitative estimate of drug-likeness (QED) is 0.442. The highest BCUT2D eigenvalue weighted by Crippen LogP contribution is 2.04. The normalized spacial score (nSPS) is 10.7. The number of nitrogens with zero attached hydrogens (tertiary/aromatic N) is 1. The van der Waals surface area contributed by atoms with Gasteiger partial charge in [0.25, 0.3) is 0 Å². The number of carboxylic acids is 1. The number of carbonyl (C=O) groups is 1. The number of para-hydroxylation sites is 1. The third kappa shape index (κ3) is 4.05. The molecule has 0 unspecified atom stereocenters. The van der Waals surface area contributed by atoms with Gasteiger partial charge in [-0.25, -0.2) is 0 Å². The maximum Gasteiger partial charge on any atom is 0.191 e. The Morgan fingerprint density at radius 2 is 2.00 bits per heavy atom. The third-order valence-electron chi connectivity index (χ3n) is 1.65. The van der Waals surface area contributed by atoms with Gasteiger partial charge in [-0.05, 0) is 31.3 Å². The second kappa shape index (κ2) is 5.82. The molecule has 2 N–H and O–H groups in total. The summed E-state index contributed by atoms with van der Waals surface area (Å²) in [7, 11) is 0. The van der Waals surface area contributed by atoms with Crippen molar-refractivity contribution in [2.45, 2.75) is 6.92 Å². The van der Waals surface area contributed by atoms with Crippen molar-refractivity contribution in [3.8, 4) is 0 Å². The lowest BCUT2D eigenvalue weighted by Crippen LogP contribution is -2.33. The third-order valence-corrected chi connectivity index (χ3v) is 1.85. The minimum atomic E-state index is -1.34. The number of nitrogens with one attached hydrogen (secondary N) is 2. The molecular weight excluding hydrogens is 226 g/mol. The second-order valence-corrected chi connectivity index (χ2v) is 3.32. The number of hydrazone groups is 1. The van der Waals surface area contributed by atoms with Crippen LogP contribution in [0.1, 0.15) is 6.92 Å². The molecule has 0 heterocycles. The molecule has 16 heavy (non-hydrogen) atoms.